The highest BCUT2D eigenvalue weighted by Crippen LogP contribution is 2.35. The lowest BCUT2D eigenvalue weighted by Crippen LogP contribution is -2.28. The molecule has 0 bridgehead atoms. The molecule has 0 aromatic heterocycles. The van der Waals surface area contributed by atoms with Crippen molar-refractivity contribution in [1.29, 1.82) is 0 Å². The van der Waals surface area contributed by atoms with Crippen LogP contribution in [-0.2, 0) is 6.54 Å². The van der Waals surface area contributed by atoms with Crippen LogP contribution in [0, 0.1) is 0 Å². The van der Waals surface area contributed by atoms with Gasteiger partial charge in [0, 0.05) is 23.4 Å². The zero-order chi connectivity index (χ0) is 16.2. The molecule has 6 nitrogen and oxygen atoms in total. The number of Topliss-reactive ketones (excluding diaryl/α,β-unsaturated/α-hetero) is 1. The normalized spacial score (nSPS) is 11.9. The van der Waals surface area contributed by atoms with Crippen LogP contribution in [0.4, 0.5) is 10.5 Å². The molecule has 2 N–H and O–H groups in total. The van der Waals surface area contributed by atoms with Crippen LogP contribution in [0.1, 0.15) is 22.8 Å². The van der Waals surface area contributed by atoms with E-state index in [1.54, 1.807) is 24.3 Å². The number of hydrogen-bond acceptors (Lipinski definition) is 4. The molecule has 1 aliphatic rings. The van der Waals surface area contributed by atoms with Gasteiger partial charge in [-0.3, -0.25) is 4.79 Å². The highest BCUT2D eigenvalue weighted by atomic mass is 16.7. The summed E-state index contributed by atoms with van der Waals surface area (Å²) < 4.78 is 10.7. The summed E-state index contributed by atoms with van der Waals surface area (Å²) in [6.07, 6.45) is 0. The van der Waals surface area contributed by atoms with E-state index in [-0.39, 0.29) is 18.6 Å². The number of para-hydroxylation sites is 1. The van der Waals surface area contributed by atoms with Gasteiger partial charge in [0.25, 0.3) is 0 Å². The Kier molecular flexibility index (Phi) is 4.14. The van der Waals surface area contributed by atoms with Crippen LogP contribution in [0.3, 0.4) is 0 Å². The lowest BCUT2D eigenvalue weighted by atomic mass is 10.1. The average molecular weight is 312 g/mol. The summed E-state index contributed by atoms with van der Waals surface area (Å²) in [7, 11) is 0. The largest absolute Gasteiger partial charge is 0.454 e. The number of fused-ring (bicyclic) bond motifs is 1. The minimum absolute atomic E-state index is 0.0499. The van der Waals surface area contributed by atoms with Crippen molar-refractivity contribution >= 4 is 17.5 Å². The zero-order valence-electron chi connectivity index (χ0n) is 12.6. The molecule has 23 heavy (non-hydrogen) atoms. The molecule has 2 amide bonds. The Morgan fingerprint density at radius 2 is 1.96 bits per heavy atom. The van der Waals surface area contributed by atoms with Gasteiger partial charge in [-0.1, -0.05) is 24.3 Å². The van der Waals surface area contributed by atoms with Gasteiger partial charge in [0.05, 0.1) is 0 Å². The van der Waals surface area contributed by atoms with Crippen molar-refractivity contribution in [1.82, 2.24) is 5.32 Å². The molecule has 0 saturated carbocycles. The van der Waals surface area contributed by atoms with Crippen molar-refractivity contribution in [2.24, 2.45) is 0 Å². The van der Waals surface area contributed by atoms with Crippen LogP contribution in [0.25, 0.3) is 0 Å². The molecule has 1 heterocycles. The SMILES string of the molecule is CC(=O)c1cccc(NC(=O)NCc2cccc3c2OCO3)c1. The Morgan fingerprint density at radius 3 is 2.78 bits per heavy atom. The van der Waals surface area contributed by atoms with Gasteiger partial charge in [-0.2, -0.15) is 0 Å². The maximum atomic E-state index is 12.0. The van der Waals surface area contributed by atoms with E-state index in [1.165, 1.54) is 6.92 Å². The van der Waals surface area contributed by atoms with Crippen LogP contribution in [0.15, 0.2) is 42.5 Å². The summed E-state index contributed by atoms with van der Waals surface area (Å²) in [5.74, 6) is 1.29. The fraction of sp³-hybridized carbons (Fsp3) is 0.176. The Bertz CT molecular complexity index is 758. The van der Waals surface area contributed by atoms with E-state index in [9.17, 15) is 9.59 Å². The summed E-state index contributed by atoms with van der Waals surface area (Å²) in [6, 6.07) is 12.0. The summed E-state index contributed by atoms with van der Waals surface area (Å²) in [6.45, 7) is 1.98. The number of ketones is 1. The van der Waals surface area contributed by atoms with E-state index >= 15 is 0 Å². The maximum Gasteiger partial charge on any atom is 0.319 e. The summed E-state index contributed by atoms with van der Waals surface area (Å²) >= 11 is 0. The fourth-order valence-corrected chi connectivity index (χ4v) is 2.30. The van der Waals surface area contributed by atoms with E-state index in [1.807, 2.05) is 18.2 Å². The quantitative estimate of drug-likeness (QED) is 0.851. The predicted octanol–water partition coefficient (Wildman–Crippen LogP) is 2.94. The number of carbonyl (C=O) groups excluding carboxylic acids is 2. The molecule has 2 aromatic rings. The van der Waals surface area contributed by atoms with Crippen LogP contribution < -0.4 is 20.1 Å². The van der Waals surface area contributed by atoms with Gasteiger partial charge in [-0.25, -0.2) is 4.79 Å². The van der Waals surface area contributed by atoms with E-state index in [0.29, 0.717) is 29.3 Å². The minimum Gasteiger partial charge on any atom is -0.454 e. The molecule has 3 rings (SSSR count). The lowest BCUT2D eigenvalue weighted by molar-refractivity contribution is 0.101. The first kappa shape index (κ1) is 14.9. The van der Waals surface area contributed by atoms with Crippen LogP contribution in [0.2, 0.25) is 0 Å². The molecule has 2 aromatic carbocycles. The molecule has 1 aliphatic heterocycles. The Labute approximate surface area is 133 Å². The average Bonchev–Trinajstić information content (AvgIpc) is 3.02. The number of hydrogen-bond donors (Lipinski definition) is 2. The zero-order valence-corrected chi connectivity index (χ0v) is 12.6. The van der Waals surface area contributed by atoms with E-state index in [2.05, 4.69) is 10.6 Å². The van der Waals surface area contributed by atoms with Gasteiger partial charge in [0.2, 0.25) is 6.79 Å². The molecular formula is C17H16N2O4. The van der Waals surface area contributed by atoms with Gasteiger partial charge >= 0.3 is 6.03 Å². The van der Waals surface area contributed by atoms with Crippen molar-refractivity contribution < 1.29 is 19.1 Å². The number of ether oxygens (including phenoxy) is 2. The molecule has 0 spiro atoms. The smallest absolute Gasteiger partial charge is 0.319 e. The van der Waals surface area contributed by atoms with Gasteiger partial charge in [-0.05, 0) is 25.1 Å². The molecule has 0 saturated heterocycles. The van der Waals surface area contributed by atoms with Crippen LogP contribution in [-0.4, -0.2) is 18.6 Å². The monoisotopic (exact) mass is 312 g/mol. The first-order valence-corrected chi connectivity index (χ1v) is 7.17. The van der Waals surface area contributed by atoms with Gasteiger partial charge in [0.1, 0.15) is 0 Å². The Morgan fingerprint density at radius 1 is 1.13 bits per heavy atom. The number of nitrogens with one attached hydrogen (secondary N) is 2. The maximum absolute atomic E-state index is 12.0. The van der Waals surface area contributed by atoms with Crippen molar-refractivity contribution in [3.05, 3.63) is 53.6 Å². The number of carbonyl (C=O) groups is 2. The molecule has 0 unspecified atom stereocenters. The third-order valence-electron chi connectivity index (χ3n) is 3.44. The third-order valence-corrected chi connectivity index (χ3v) is 3.44. The number of benzene rings is 2. The molecule has 0 atom stereocenters. The topological polar surface area (TPSA) is 76.7 Å². The molecule has 6 heteroatoms. The highest BCUT2D eigenvalue weighted by molar-refractivity contribution is 5.96. The second-order valence-electron chi connectivity index (χ2n) is 5.10. The first-order chi connectivity index (χ1) is 11.1. The van der Waals surface area contributed by atoms with E-state index in [4.69, 9.17) is 9.47 Å². The van der Waals surface area contributed by atoms with Gasteiger partial charge in [0.15, 0.2) is 17.3 Å². The molecule has 0 fully saturated rings. The van der Waals surface area contributed by atoms with Gasteiger partial charge < -0.3 is 20.1 Å². The Hall–Kier alpha value is -3.02. The van der Waals surface area contributed by atoms with E-state index < -0.39 is 0 Å². The molecule has 0 radical (unpaired) electrons. The lowest BCUT2D eigenvalue weighted by Gasteiger charge is -2.10. The Balaban J connectivity index is 1.61. The second kappa shape index (κ2) is 6.39. The summed E-state index contributed by atoms with van der Waals surface area (Å²) in [4.78, 5) is 23.3. The predicted molar refractivity (Wildman–Crippen MR) is 84.9 cm³/mol. The molecule has 118 valence electrons. The number of urea groups is 1. The van der Waals surface area contributed by atoms with Gasteiger partial charge in [-0.15, -0.1) is 0 Å². The first-order valence-electron chi connectivity index (χ1n) is 7.17. The number of amides is 2. The third kappa shape index (κ3) is 3.42. The van der Waals surface area contributed by atoms with Crippen molar-refractivity contribution in [3.8, 4) is 11.5 Å². The highest BCUT2D eigenvalue weighted by Gasteiger charge is 2.17. The van der Waals surface area contributed by atoms with Crippen LogP contribution >= 0.6 is 0 Å². The standard InChI is InChI=1S/C17H16N2O4/c1-11(20)12-4-2-6-14(8-12)19-17(21)18-9-13-5-3-7-15-16(13)23-10-22-15/h2-8H,9-10H2,1H3,(H2,18,19,21). The van der Waals surface area contributed by atoms with E-state index in [0.717, 1.165) is 5.56 Å². The number of rotatable bonds is 4. The minimum atomic E-state index is -0.359. The fourth-order valence-electron chi connectivity index (χ4n) is 2.30. The van der Waals surface area contributed by atoms with Crippen molar-refractivity contribution in [2.75, 3.05) is 12.1 Å². The molecular weight excluding hydrogens is 296 g/mol. The number of anilines is 1. The van der Waals surface area contributed by atoms with Crippen LogP contribution in [0.5, 0.6) is 11.5 Å². The molecule has 0 aliphatic carbocycles. The summed E-state index contributed by atoms with van der Waals surface area (Å²) in [5, 5.41) is 5.46. The second-order valence-corrected chi connectivity index (χ2v) is 5.10. The van der Waals surface area contributed by atoms with Crippen molar-refractivity contribution in [3.63, 3.8) is 0 Å². The van der Waals surface area contributed by atoms with Crippen molar-refractivity contribution in [2.45, 2.75) is 13.5 Å². The summed E-state index contributed by atoms with van der Waals surface area (Å²) in [5.41, 5.74) is 1.95.